The first-order chi connectivity index (χ1) is 11.8. The summed E-state index contributed by atoms with van der Waals surface area (Å²) in [7, 11) is 0. The van der Waals surface area contributed by atoms with Gasteiger partial charge in [0, 0.05) is 19.0 Å². The smallest absolute Gasteiger partial charge is 0.317 e. The summed E-state index contributed by atoms with van der Waals surface area (Å²) in [6, 6.07) is 10.5. The summed E-state index contributed by atoms with van der Waals surface area (Å²) in [5, 5.41) is 6.85. The molecule has 6 heteroatoms. The number of nitrogens with zero attached hydrogens (tertiary/aromatic N) is 3. The van der Waals surface area contributed by atoms with E-state index in [4.69, 9.17) is 4.52 Å². The molecule has 0 radical (unpaired) electrons. The Hall–Kier alpha value is -2.37. The van der Waals surface area contributed by atoms with Crippen LogP contribution in [-0.4, -0.2) is 34.2 Å². The fourth-order valence-electron chi connectivity index (χ4n) is 3.25. The first-order valence-electron chi connectivity index (χ1n) is 8.70. The summed E-state index contributed by atoms with van der Waals surface area (Å²) in [5.41, 5.74) is 1.37. The second kappa shape index (κ2) is 6.63. The van der Waals surface area contributed by atoms with Gasteiger partial charge in [-0.2, -0.15) is 4.98 Å². The first-order valence-corrected chi connectivity index (χ1v) is 8.70. The Bertz CT molecular complexity index is 688. The van der Waals surface area contributed by atoms with Gasteiger partial charge in [0.25, 0.3) is 0 Å². The minimum absolute atomic E-state index is 0.0484. The topological polar surface area (TPSA) is 71.3 Å². The zero-order valence-electron chi connectivity index (χ0n) is 13.6. The number of benzene rings is 1. The van der Waals surface area contributed by atoms with Gasteiger partial charge in [0.05, 0.1) is 6.54 Å². The molecule has 0 bridgehead atoms. The summed E-state index contributed by atoms with van der Waals surface area (Å²) in [5.74, 6) is 2.29. The maximum Gasteiger partial charge on any atom is 0.317 e. The van der Waals surface area contributed by atoms with Gasteiger partial charge in [-0.3, -0.25) is 0 Å². The molecule has 2 amide bonds. The van der Waals surface area contributed by atoms with E-state index in [1.54, 1.807) is 0 Å². The molecule has 1 aliphatic heterocycles. The highest BCUT2D eigenvalue weighted by atomic mass is 16.5. The minimum Gasteiger partial charge on any atom is -0.337 e. The van der Waals surface area contributed by atoms with Gasteiger partial charge in [0.15, 0.2) is 5.82 Å². The van der Waals surface area contributed by atoms with Gasteiger partial charge >= 0.3 is 6.03 Å². The molecule has 1 aromatic heterocycles. The van der Waals surface area contributed by atoms with Crippen molar-refractivity contribution in [1.29, 1.82) is 0 Å². The van der Waals surface area contributed by atoms with E-state index in [1.807, 2.05) is 11.0 Å². The third-order valence-electron chi connectivity index (χ3n) is 4.87. The highest BCUT2D eigenvalue weighted by Crippen LogP contribution is 2.38. The molecule has 4 rings (SSSR count). The molecule has 2 fully saturated rings. The fourth-order valence-corrected chi connectivity index (χ4v) is 3.25. The van der Waals surface area contributed by atoms with Crippen LogP contribution in [0.15, 0.2) is 34.9 Å². The van der Waals surface area contributed by atoms with E-state index in [-0.39, 0.29) is 6.03 Å². The molecule has 126 valence electrons. The summed E-state index contributed by atoms with van der Waals surface area (Å²) < 4.78 is 5.18. The van der Waals surface area contributed by atoms with Crippen LogP contribution in [0, 0.1) is 0 Å². The quantitative estimate of drug-likeness (QED) is 0.937. The van der Waals surface area contributed by atoms with Crippen LogP contribution < -0.4 is 5.32 Å². The average molecular weight is 326 g/mol. The summed E-state index contributed by atoms with van der Waals surface area (Å²) in [6.07, 6.45) is 4.29. The van der Waals surface area contributed by atoms with Crippen LogP contribution in [0.2, 0.25) is 0 Å². The van der Waals surface area contributed by atoms with Crippen molar-refractivity contribution in [2.24, 2.45) is 0 Å². The van der Waals surface area contributed by atoms with Crippen LogP contribution in [-0.2, 0) is 6.54 Å². The normalized spacial score (nSPS) is 18.6. The maximum atomic E-state index is 12.3. The molecular formula is C18H22N4O2. The van der Waals surface area contributed by atoms with Crippen molar-refractivity contribution in [2.75, 3.05) is 13.1 Å². The number of aromatic nitrogens is 2. The van der Waals surface area contributed by atoms with Gasteiger partial charge in [-0.1, -0.05) is 35.5 Å². The molecule has 0 unspecified atom stereocenters. The zero-order valence-corrected chi connectivity index (χ0v) is 13.6. The first kappa shape index (κ1) is 15.2. The van der Waals surface area contributed by atoms with Gasteiger partial charge in [0.1, 0.15) is 0 Å². The number of urea groups is 1. The maximum absolute atomic E-state index is 12.3. The number of carbonyl (C=O) groups excluding carboxylic acids is 1. The molecule has 24 heavy (non-hydrogen) atoms. The van der Waals surface area contributed by atoms with Crippen molar-refractivity contribution >= 4 is 6.03 Å². The second-order valence-corrected chi connectivity index (χ2v) is 6.65. The van der Waals surface area contributed by atoms with Crippen LogP contribution in [0.1, 0.15) is 54.8 Å². The lowest BCUT2D eigenvalue weighted by atomic mass is 9.90. The Morgan fingerprint density at radius 2 is 1.88 bits per heavy atom. The highest BCUT2D eigenvalue weighted by molar-refractivity contribution is 5.74. The van der Waals surface area contributed by atoms with Crippen LogP contribution in [0.25, 0.3) is 0 Å². The number of carbonyl (C=O) groups is 1. The van der Waals surface area contributed by atoms with Crippen molar-refractivity contribution in [3.8, 4) is 0 Å². The van der Waals surface area contributed by atoms with E-state index in [0.717, 1.165) is 44.6 Å². The molecule has 2 aromatic rings. The lowest BCUT2D eigenvalue weighted by molar-refractivity contribution is 0.179. The molecule has 0 spiro atoms. The van der Waals surface area contributed by atoms with Crippen LogP contribution in [0.5, 0.6) is 0 Å². The molecule has 1 aromatic carbocycles. The van der Waals surface area contributed by atoms with Gasteiger partial charge in [-0.05, 0) is 37.2 Å². The number of nitrogens with one attached hydrogen (secondary N) is 1. The third kappa shape index (κ3) is 3.42. The third-order valence-corrected chi connectivity index (χ3v) is 4.87. The number of hydrogen-bond acceptors (Lipinski definition) is 4. The molecule has 1 N–H and O–H groups in total. The summed E-state index contributed by atoms with van der Waals surface area (Å²) in [4.78, 5) is 18.5. The molecule has 1 saturated carbocycles. The van der Waals surface area contributed by atoms with Gasteiger partial charge in [-0.15, -0.1) is 0 Å². The van der Waals surface area contributed by atoms with Gasteiger partial charge in [-0.25, -0.2) is 4.79 Å². The molecule has 2 aliphatic rings. The highest BCUT2D eigenvalue weighted by Gasteiger charge is 2.29. The zero-order chi connectivity index (χ0) is 16.4. The van der Waals surface area contributed by atoms with Crippen molar-refractivity contribution < 1.29 is 9.32 Å². The van der Waals surface area contributed by atoms with Crippen molar-refractivity contribution in [2.45, 2.75) is 44.1 Å². The van der Waals surface area contributed by atoms with Crippen LogP contribution in [0.3, 0.4) is 0 Å². The summed E-state index contributed by atoms with van der Waals surface area (Å²) >= 11 is 0. The lowest BCUT2D eigenvalue weighted by Crippen LogP contribution is -2.43. The number of hydrogen-bond donors (Lipinski definition) is 1. The van der Waals surface area contributed by atoms with Crippen LogP contribution >= 0.6 is 0 Å². The molecule has 1 aliphatic carbocycles. The largest absolute Gasteiger partial charge is 0.337 e. The van der Waals surface area contributed by atoms with E-state index in [9.17, 15) is 4.79 Å². The monoisotopic (exact) mass is 326 g/mol. The number of amides is 2. The Kier molecular flexibility index (Phi) is 4.19. The standard InChI is InChI=1S/C18H22N4O2/c23-18(19-12-16-20-17(21-24-16)15-6-7-15)22-10-8-14(9-11-22)13-4-2-1-3-5-13/h1-5,14-15H,6-12H2,(H,19,23). The van der Waals surface area contributed by atoms with E-state index in [2.05, 4.69) is 39.7 Å². The predicted molar refractivity (Wildman–Crippen MR) is 88.5 cm³/mol. The summed E-state index contributed by atoms with van der Waals surface area (Å²) in [6.45, 7) is 1.86. The fraction of sp³-hybridized carbons (Fsp3) is 0.500. The van der Waals surface area contributed by atoms with E-state index < -0.39 is 0 Å². The minimum atomic E-state index is -0.0484. The van der Waals surface area contributed by atoms with Gasteiger partial charge < -0.3 is 14.7 Å². The number of rotatable bonds is 4. The molecule has 1 saturated heterocycles. The Balaban J connectivity index is 1.25. The Morgan fingerprint density at radius 3 is 2.58 bits per heavy atom. The van der Waals surface area contributed by atoms with E-state index in [1.165, 1.54) is 5.56 Å². The Morgan fingerprint density at radius 1 is 1.12 bits per heavy atom. The van der Waals surface area contributed by atoms with E-state index in [0.29, 0.717) is 24.3 Å². The Labute approximate surface area is 141 Å². The van der Waals surface area contributed by atoms with Gasteiger partial charge in [0.2, 0.25) is 5.89 Å². The van der Waals surface area contributed by atoms with Crippen molar-refractivity contribution in [3.63, 3.8) is 0 Å². The van der Waals surface area contributed by atoms with Crippen molar-refractivity contribution in [3.05, 3.63) is 47.6 Å². The SMILES string of the molecule is O=C(NCc1nc(C2CC2)no1)N1CCC(c2ccccc2)CC1. The molecule has 6 nitrogen and oxygen atoms in total. The second-order valence-electron chi connectivity index (χ2n) is 6.65. The predicted octanol–water partition coefficient (Wildman–Crippen LogP) is 3.04. The number of piperidine rings is 1. The molecule has 0 atom stereocenters. The molecule has 2 heterocycles. The van der Waals surface area contributed by atoms with Crippen molar-refractivity contribution in [1.82, 2.24) is 20.4 Å². The lowest BCUT2D eigenvalue weighted by Gasteiger charge is -2.32. The molecular weight excluding hydrogens is 304 g/mol. The average Bonchev–Trinajstić information content (AvgIpc) is 3.39. The van der Waals surface area contributed by atoms with Crippen LogP contribution in [0.4, 0.5) is 4.79 Å². The number of likely N-dealkylation sites (tertiary alicyclic amines) is 1. The van der Waals surface area contributed by atoms with E-state index >= 15 is 0 Å².